The smallest absolute Gasteiger partial charge is 0.302 e. The van der Waals surface area contributed by atoms with Gasteiger partial charge in [0.25, 0.3) is 0 Å². The van der Waals surface area contributed by atoms with Gasteiger partial charge in [0.2, 0.25) is 0 Å². The highest BCUT2D eigenvalue weighted by Gasteiger charge is 2.13. The Morgan fingerprint density at radius 1 is 0.731 bits per heavy atom. The molecule has 0 aliphatic carbocycles. The molecule has 0 unspecified atom stereocenters. The average molecular weight is 358 g/mol. The van der Waals surface area contributed by atoms with Gasteiger partial charge < -0.3 is 18.9 Å². The van der Waals surface area contributed by atoms with E-state index in [0.717, 1.165) is 22.3 Å². The molecule has 2 rings (SSSR count). The van der Waals surface area contributed by atoms with Crippen LogP contribution in [-0.2, 0) is 32.3 Å². The molecule has 0 bridgehead atoms. The lowest BCUT2D eigenvalue weighted by Gasteiger charge is -2.15. The van der Waals surface area contributed by atoms with Crippen LogP contribution in [0.2, 0.25) is 0 Å². The summed E-state index contributed by atoms with van der Waals surface area (Å²) in [5.74, 6) is 0.609. The van der Waals surface area contributed by atoms with Gasteiger partial charge in [-0.05, 0) is 23.3 Å². The highest BCUT2D eigenvalue weighted by Crippen LogP contribution is 2.37. The minimum Gasteiger partial charge on any atom is -0.496 e. The van der Waals surface area contributed by atoms with E-state index in [1.165, 1.54) is 13.8 Å². The number of hydrogen-bond acceptors (Lipinski definition) is 6. The Bertz CT molecular complexity index is 729. The summed E-state index contributed by atoms with van der Waals surface area (Å²) in [7, 11) is 3.16. The van der Waals surface area contributed by atoms with Crippen LogP contribution in [0.4, 0.5) is 0 Å². The molecule has 0 aliphatic heterocycles. The van der Waals surface area contributed by atoms with Crippen LogP contribution >= 0.6 is 0 Å². The first-order valence-electron chi connectivity index (χ1n) is 8.05. The summed E-state index contributed by atoms with van der Waals surface area (Å²) in [6, 6.07) is 11.2. The van der Waals surface area contributed by atoms with Gasteiger partial charge in [-0.1, -0.05) is 24.3 Å². The summed E-state index contributed by atoms with van der Waals surface area (Å²) < 4.78 is 21.0. The Morgan fingerprint density at radius 3 is 1.42 bits per heavy atom. The van der Waals surface area contributed by atoms with Gasteiger partial charge in [0, 0.05) is 25.0 Å². The van der Waals surface area contributed by atoms with Crippen molar-refractivity contribution in [1.82, 2.24) is 0 Å². The van der Waals surface area contributed by atoms with E-state index in [1.807, 2.05) is 36.4 Å². The second kappa shape index (κ2) is 8.89. The molecule has 0 amide bonds. The number of carbonyl (C=O) groups excluding carboxylic acids is 2. The molecule has 2 aromatic rings. The third-order valence-electron chi connectivity index (χ3n) is 3.71. The lowest BCUT2D eigenvalue weighted by molar-refractivity contribution is -0.143. The van der Waals surface area contributed by atoms with E-state index >= 15 is 0 Å². The van der Waals surface area contributed by atoms with Gasteiger partial charge in [0.1, 0.15) is 24.7 Å². The fourth-order valence-corrected chi connectivity index (χ4v) is 2.47. The molecule has 0 heterocycles. The summed E-state index contributed by atoms with van der Waals surface area (Å²) >= 11 is 0. The first-order chi connectivity index (χ1) is 12.4. The molecule has 0 aromatic heterocycles. The van der Waals surface area contributed by atoms with Crippen molar-refractivity contribution < 1.29 is 28.5 Å². The van der Waals surface area contributed by atoms with E-state index in [2.05, 4.69) is 0 Å². The Balaban J connectivity index is 2.34. The molecule has 0 atom stereocenters. The predicted octanol–water partition coefficient (Wildman–Crippen LogP) is 3.50. The Hall–Kier alpha value is -3.02. The van der Waals surface area contributed by atoms with Crippen LogP contribution in [0.5, 0.6) is 11.5 Å². The van der Waals surface area contributed by atoms with Crippen LogP contribution in [-0.4, -0.2) is 26.2 Å². The van der Waals surface area contributed by atoms with E-state index in [1.54, 1.807) is 14.2 Å². The zero-order chi connectivity index (χ0) is 19.1. The molecule has 0 saturated heterocycles. The molecule has 0 N–H and O–H groups in total. The van der Waals surface area contributed by atoms with Gasteiger partial charge in [-0.3, -0.25) is 9.59 Å². The monoisotopic (exact) mass is 358 g/mol. The highest BCUT2D eigenvalue weighted by atomic mass is 16.5. The van der Waals surface area contributed by atoms with Gasteiger partial charge >= 0.3 is 11.9 Å². The summed E-state index contributed by atoms with van der Waals surface area (Å²) in [6.45, 7) is 3.11. The molecule has 0 fully saturated rings. The number of benzene rings is 2. The minimum atomic E-state index is -0.335. The Morgan fingerprint density at radius 2 is 1.12 bits per heavy atom. The van der Waals surface area contributed by atoms with Crippen molar-refractivity contribution in [2.45, 2.75) is 27.1 Å². The van der Waals surface area contributed by atoms with E-state index in [-0.39, 0.29) is 25.2 Å². The van der Waals surface area contributed by atoms with Gasteiger partial charge in [-0.15, -0.1) is 0 Å². The predicted molar refractivity (Wildman–Crippen MR) is 95.9 cm³/mol. The third kappa shape index (κ3) is 4.99. The zero-order valence-corrected chi connectivity index (χ0v) is 15.3. The van der Waals surface area contributed by atoms with Crippen LogP contribution in [0.1, 0.15) is 25.0 Å². The second-order valence-corrected chi connectivity index (χ2v) is 5.63. The maximum Gasteiger partial charge on any atom is 0.302 e. The highest BCUT2D eigenvalue weighted by molar-refractivity contribution is 5.76. The van der Waals surface area contributed by atoms with Crippen LogP contribution in [0.3, 0.4) is 0 Å². The molecular formula is C20H22O6. The molecule has 6 nitrogen and oxygen atoms in total. The van der Waals surface area contributed by atoms with E-state index < -0.39 is 0 Å². The molecule has 0 spiro atoms. The van der Waals surface area contributed by atoms with Crippen LogP contribution in [0, 0.1) is 0 Å². The fraction of sp³-hybridized carbons (Fsp3) is 0.300. The van der Waals surface area contributed by atoms with E-state index in [0.29, 0.717) is 11.5 Å². The number of carbonyl (C=O) groups is 2. The van der Waals surface area contributed by atoms with Crippen molar-refractivity contribution >= 4 is 11.9 Å². The maximum atomic E-state index is 11.0. The number of ether oxygens (including phenoxy) is 4. The quantitative estimate of drug-likeness (QED) is 0.706. The number of rotatable bonds is 7. The van der Waals surface area contributed by atoms with Gasteiger partial charge in [0.15, 0.2) is 0 Å². The van der Waals surface area contributed by atoms with E-state index in [4.69, 9.17) is 18.9 Å². The molecule has 26 heavy (non-hydrogen) atoms. The van der Waals surface area contributed by atoms with Gasteiger partial charge in [0.05, 0.1) is 14.2 Å². The SMILES string of the molecule is COc1cc(COC(C)=O)ccc1-c1ccc(COC(C)=O)cc1OC. The van der Waals surface area contributed by atoms with Crippen molar-refractivity contribution in [3.63, 3.8) is 0 Å². The van der Waals surface area contributed by atoms with Crippen molar-refractivity contribution in [2.24, 2.45) is 0 Å². The molecule has 6 heteroatoms. The van der Waals surface area contributed by atoms with Gasteiger partial charge in [-0.25, -0.2) is 0 Å². The number of esters is 2. The zero-order valence-electron chi connectivity index (χ0n) is 15.3. The fourth-order valence-electron chi connectivity index (χ4n) is 2.47. The number of methoxy groups -OCH3 is 2. The Kier molecular flexibility index (Phi) is 6.60. The van der Waals surface area contributed by atoms with Crippen molar-refractivity contribution in [3.05, 3.63) is 47.5 Å². The molecular weight excluding hydrogens is 336 g/mol. The lowest BCUT2D eigenvalue weighted by Crippen LogP contribution is -2.01. The molecule has 0 aliphatic rings. The van der Waals surface area contributed by atoms with Crippen LogP contribution in [0.15, 0.2) is 36.4 Å². The van der Waals surface area contributed by atoms with E-state index in [9.17, 15) is 9.59 Å². The minimum absolute atomic E-state index is 0.185. The third-order valence-corrected chi connectivity index (χ3v) is 3.71. The van der Waals surface area contributed by atoms with Gasteiger partial charge in [-0.2, -0.15) is 0 Å². The molecule has 0 radical (unpaired) electrons. The molecule has 2 aromatic carbocycles. The summed E-state index contributed by atoms with van der Waals surface area (Å²) in [5.41, 5.74) is 3.34. The first-order valence-corrected chi connectivity index (χ1v) is 8.05. The molecule has 0 saturated carbocycles. The lowest BCUT2D eigenvalue weighted by atomic mass is 10.00. The summed E-state index contributed by atoms with van der Waals surface area (Å²) in [4.78, 5) is 21.9. The van der Waals surface area contributed by atoms with Crippen LogP contribution in [0.25, 0.3) is 11.1 Å². The second-order valence-electron chi connectivity index (χ2n) is 5.63. The standard InChI is InChI=1S/C20H22O6/c1-13(21)25-11-15-5-7-17(19(9-15)23-3)18-8-6-16(10-20(18)24-4)12-26-14(2)22/h5-10H,11-12H2,1-4H3. The molecule has 138 valence electrons. The number of hydrogen-bond donors (Lipinski definition) is 0. The topological polar surface area (TPSA) is 71.1 Å². The van der Waals surface area contributed by atoms with Crippen LogP contribution < -0.4 is 9.47 Å². The largest absolute Gasteiger partial charge is 0.496 e. The van der Waals surface area contributed by atoms with Crippen molar-refractivity contribution in [1.29, 1.82) is 0 Å². The first kappa shape index (κ1) is 19.3. The summed E-state index contributed by atoms with van der Waals surface area (Å²) in [6.07, 6.45) is 0. The van der Waals surface area contributed by atoms with Crippen molar-refractivity contribution in [2.75, 3.05) is 14.2 Å². The average Bonchev–Trinajstić information content (AvgIpc) is 2.64. The summed E-state index contributed by atoms with van der Waals surface area (Å²) in [5, 5.41) is 0. The van der Waals surface area contributed by atoms with Crippen molar-refractivity contribution in [3.8, 4) is 22.6 Å². The normalized spacial score (nSPS) is 10.2. The Labute approximate surface area is 152 Å². The maximum absolute atomic E-state index is 11.0.